The van der Waals surface area contributed by atoms with Crippen molar-refractivity contribution < 1.29 is 4.42 Å². The molecule has 0 fully saturated rings. The number of anilines is 3. The number of hydrogen-bond donors (Lipinski definition) is 0. The van der Waals surface area contributed by atoms with E-state index in [1.165, 1.54) is 16.3 Å². The van der Waals surface area contributed by atoms with Crippen LogP contribution in [0.4, 0.5) is 17.1 Å². The summed E-state index contributed by atoms with van der Waals surface area (Å²) in [6.07, 6.45) is 0. The number of thiazole rings is 1. The molecular weight excluding hydrogens is 751 g/mol. The van der Waals surface area contributed by atoms with Crippen molar-refractivity contribution in [2.75, 3.05) is 4.90 Å². The maximum atomic E-state index is 6.54. The molecule has 0 atom stereocenters. The van der Waals surface area contributed by atoms with E-state index in [2.05, 4.69) is 210 Å². The summed E-state index contributed by atoms with van der Waals surface area (Å²) in [7, 11) is 0. The zero-order chi connectivity index (χ0) is 39.6. The van der Waals surface area contributed by atoms with Gasteiger partial charge >= 0.3 is 0 Å². The Hall–Kier alpha value is -7.73. The van der Waals surface area contributed by atoms with Crippen molar-refractivity contribution in [1.82, 2.24) is 9.55 Å². The average molecular weight is 786 g/mol. The maximum absolute atomic E-state index is 6.54. The van der Waals surface area contributed by atoms with Crippen LogP contribution in [0, 0.1) is 0 Å². The Bertz CT molecular complexity index is 3530. The van der Waals surface area contributed by atoms with E-state index in [1.54, 1.807) is 11.3 Å². The normalized spacial score (nSPS) is 11.7. The van der Waals surface area contributed by atoms with E-state index in [1.807, 2.05) is 12.1 Å². The van der Waals surface area contributed by atoms with Crippen LogP contribution in [-0.2, 0) is 0 Å². The molecule has 0 saturated heterocycles. The second kappa shape index (κ2) is 14.0. The first-order chi connectivity index (χ1) is 29.8. The molecule has 0 aliphatic rings. The highest BCUT2D eigenvalue weighted by Crippen LogP contribution is 2.47. The highest BCUT2D eigenvalue weighted by Gasteiger charge is 2.23. The van der Waals surface area contributed by atoms with Gasteiger partial charge in [0.25, 0.3) is 0 Å². The molecule has 282 valence electrons. The van der Waals surface area contributed by atoms with E-state index in [-0.39, 0.29) is 0 Å². The fourth-order valence-corrected chi connectivity index (χ4v) is 9.95. The van der Waals surface area contributed by atoms with Gasteiger partial charge < -0.3 is 13.9 Å². The molecule has 0 aliphatic heterocycles. The molecule has 9 aromatic carbocycles. The van der Waals surface area contributed by atoms with Gasteiger partial charge in [0.2, 0.25) is 0 Å². The molecule has 60 heavy (non-hydrogen) atoms. The fourth-order valence-electron chi connectivity index (χ4n) is 8.94. The van der Waals surface area contributed by atoms with Gasteiger partial charge in [0.15, 0.2) is 0 Å². The molecule has 0 aliphatic carbocycles. The van der Waals surface area contributed by atoms with Gasteiger partial charge in [0.1, 0.15) is 16.2 Å². The Morgan fingerprint density at radius 3 is 1.90 bits per heavy atom. The van der Waals surface area contributed by atoms with Crippen molar-refractivity contribution in [2.24, 2.45) is 0 Å². The van der Waals surface area contributed by atoms with Crippen LogP contribution in [0.2, 0.25) is 0 Å². The maximum Gasteiger partial charge on any atom is 0.137 e. The van der Waals surface area contributed by atoms with E-state index in [0.29, 0.717) is 0 Å². The summed E-state index contributed by atoms with van der Waals surface area (Å²) in [6.45, 7) is 0. The molecule has 0 bridgehead atoms. The van der Waals surface area contributed by atoms with Crippen LogP contribution >= 0.6 is 11.3 Å². The van der Waals surface area contributed by atoms with Crippen molar-refractivity contribution in [3.05, 3.63) is 212 Å². The third-order valence-corrected chi connectivity index (χ3v) is 12.7. The number of fused-ring (bicyclic) bond motifs is 7. The van der Waals surface area contributed by atoms with Crippen LogP contribution < -0.4 is 4.90 Å². The standard InChI is InChI=1S/C55H35N3OS/c1-4-16-36(17-5-1)42-22-10-13-25-46(42)57(41-32-33-44-43-23-11-14-26-47(43)58(48(44)34-41)39-20-8-3-9-21-39)40-30-28-37(29-31-40)52-53-45-24-12-15-27-49(45)59-50(53)35-51-54(52)56-55(60-51)38-18-6-2-7-19-38/h1-35H. The molecular formula is C55H35N3OS. The summed E-state index contributed by atoms with van der Waals surface area (Å²) in [5.74, 6) is 0. The molecule has 12 aromatic rings. The van der Waals surface area contributed by atoms with Gasteiger partial charge in [0, 0.05) is 61.4 Å². The first-order valence-electron chi connectivity index (χ1n) is 20.2. The first kappa shape index (κ1) is 34.3. The first-order valence-corrected chi connectivity index (χ1v) is 21.0. The third-order valence-electron chi connectivity index (χ3n) is 11.6. The SMILES string of the molecule is c1ccc(-c2nc3c(-c4ccc(N(c5ccc6c7ccccc7n(-c7ccccc7)c6c5)c5ccccc5-c5ccccc5)cc4)c4c(cc3s2)oc2ccccc24)cc1. The molecule has 3 aromatic heterocycles. The van der Waals surface area contributed by atoms with Crippen LogP contribution in [0.15, 0.2) is 217 Å². The van der Waals surface area contributed by atoms with Gasteiger partial charge in [-0.25, -0.2) is 4.98 Å². The number of furan rings is 1. The van der Waals surface area contributed by atoms with E-state index in [9.17, 15) is 0 Å². The number of nitrogens with zero attached hydrogens (tertiary/aromatic N) is 3. The van der Waals surface area contributed by atoms with Crippen molar-refractivity contribution in [3.63, 3.8) is 0 Å². The second-order valence-corrected chi connectivity index (χ2v) is 16.1. The van der Waals surface area contributed by atoms with Gasteiger partial charge in [-0.05, 0) is 65.7 Å². The van der Waals surface area contributed by atoms with Crippen LogP contribution in [0.25, 0.3) is 92.5 Å². The molecule has 0 saturated carbocycles. The fraction of sp³-hybridized carbons (Fsp3) is 0. The molecule has 0 radical (unpaired) electrons. The molecule has 0 unspecified atom stereocenters. The lowest BCUT2D eigenvalue weighted by Crippen LogP contribution is -2.11. The minimum absolute atomic E-state index is 0.867. The highest BCUT2D eigenvalue weighted by atomic mass is 32.1. The Morgan fingerprint density at radius 1 is 0.467 bits per heavy atom. The number of rotatable bonds is 7. The largest absolute Gasteiger partial charge is 0.456 e. The molecule has 12 rings (SSSR count). The number of para-hydroxylation sites is 4. The summed E-state index contributed by atoms with van der Waals surface area (Å²) in [5, 5.41) is 5.61. The Morgan fingerprint density at radius 2 is 1.10 bits per heavy atom. The van der Waals surface area contributed by atoms with Gasteiger partial charge in [0.05, 0.1) is 26.9 Å². The minimum atomic E-state index is 0.867. The van der Waals surface area contributed by atoms with Gasteiger partial charge in [-0.3, -0.25) is 0 Å². The average Bonchev–Trinajstić information content (AvgIpc) is 4.01. The molecule has 0 spiro atoms. The van der Waals surface area contributed by atoms with Crippen LogP contribution in [0.1, 0.15) is 0 Å². The van der Waals surface area contributed by atoms with Gasteiger partial charge in [-0.15, -0.1) is 11.3 Å². The van der Waals surface area contributed by atoms with E-state index in [4.69, 9.17) is 9.40 Å². The Labute approximate surface area is 350 Å². The lowest BCUT2D eigenvalue weighted by Gasteiger charge is -2.28. The van der Waals surface area contributed by atoms with Crippen LogP contribution in [-0.4, -0.2) is 9.55 Å². The summed E-state index contributed by atoms with van der Waals surface area (Å²) in [4.78, 5) is 7.74. The lowest BCUT2D eigenvalue weighted by molar-refractivity contribution is 0.669. The predicted octanol–water partition coefficient (Wildman–Crippen LogP) is 15.8. The van der Waals surface area contributed by atoms with E-state index >= 15 is 0 Å². The van der Waals surface area contributed by atoms with Gasteiger partial charge in [-0.2, -0.15) is 0 Å². The van der Waals surface area contributed by atoms with E-state index in [0.717, 1.165) is 93.2 Å². The zero-order valence-corrected chi connectivity index (χ0v) is 33.2. The smallest absolute Gasteiger partial charge is 0.137 e. The van der Waals surface area contributed by atoms with Crippen molar-refractivity contribution in [3.8, 4) is 38.5 Å². The van der Waals surface area contributed by atoms with Crippen molar-refractivity contribution >= 4 is 82.4 Å². The van der Waals surface area contributed by atoms with E-state index < -0.39 is 0 Å². The van der Waals surface area contributed by atoms with Crippen LogP contribution in [0.5, 0.6) is 0 Å². The summed E-state index contributed by atoms with van der Waals surface area (Å²) in [6, 6.07) is 75.6. The molecule has 5 heteroatoms. The zero-order valence-electron chi connectivity index (χ0n) is 32.4. The molecule has 0 amide bonds. The monoisotopic (exact) mass is 785 g/mol. The summed E-state index contributed by atoms with van der Waals surface area (Å²) >= 11 is 1.71. The topological polar surface area (TPSA) is 34.2 Å². The second-order valence-electron chi connectivity index (χ2n) is 15.1. The Kier molecular flexibility index (Phi) is 8.00. The summed E-state index contributed by atoms with van der Waals surface area (Å²) < 4.78 is 10.0. The third kappa shape index (κ3) is 5.55. The molecule has 0 N–H and O–H groups in total. The van der Waals surface area contributed by atoms with Crippen LogP contribution in [0.3, 0.4) is 0 Å². The minimum Gasteiger partial charge on any atom is -0.456 e. The Balaban J connectivity index is 1.08. The quantitative estimate of drug-likeness (QED) is 0.161. The van der Waals surface area contributed by atoms with Gasteiger partial charge in [-0.1, -0.05) is 152 Å². The predicted molar refractivity (Wildman–Crippen MR) is 252 cm³/mol. The highest BCUT2D eigenvalue weighted by molar-refractivity contribution is 7.21. The number of aromatic nitrogens is 2. The molecule has 4 nitrogen and oxygen atoms in total. The number of benzene rings is 9. The summed E-state index contributed by atoms with van der Waals surface area (Å²) in [5.41, 5.74) is 15.0. The lowest BCUT2D eigenvalue weighted by atomic mass is 9.97. The number of hydrogen-bond acceptors (Lipinski definition) is 4. The van der Waals surface area contributed by atoms with Crippen molar-refractivity contribution in [1.29, 1.82) is 0 Å². The molecule has 3 heterocycles. The van der Waals surface area contributed by atoms with Crippen molar-refractivity contribution in [2.45, 2.75) is 0 Å².